The highest BCUT2D eigenvalue weighted by Gasteiger charge is 2.37. The van der Waals surface area contributed by atoms with Gasteiger partial charge < -0.3 is 15.3 Å². The molecule has 1 aromatic rings. The first-order valence-electron chi connectivity index (χ1n) is 6.23. The summed E-state index contributed by atoms with van der Waals surface area (Å²) in [7, 11) is 0. The molecule has 0 aliphatic carbocycles. The highest BCUT2D eigenvalue weighted by Crippen LogP contribution is 2.36. The molecule has 2 N–H and O–H groups in total. The summed E-state index contributed by atoms with van der Waals surface area (Å²) in [5.74, 6) is -1.51. The summed E-state index contributed by atoms with van der Waals surface area (Å²) in [6, 6.07) is 2.92. The number of nitrogens with one attached hydrogen (secondary N) is 1. The molecule has 0 bridgehead atoms. The summed E-state index contributed by atoms with van der Waals surface area (Å²) in [5.41, 5.74) is 0.390. The van der Waals surface area contributed by atoms with Crippen LogP contribution in [0.5, 0.6) is 0 Å². The van der Waals surface area contributed by atoms with Crippen molar-refractivity contribution in [1.29, 1.82) is 0 Å². The van der Waals surface area contributed by atoms with Gasteiger partial charge in [-0.2, -0.15) is 0 Å². The number of carboxylic acid groups (broad SMARTS) is 1. The Morgan fingerprint density at radius 3 is 2.57 bits per heavy atom. The Labute approximate surface area is 140 Å². The Bertz CT molecular complexity index is 597. The lowest BCUT2D eigenvalue weighted by Crippen LogP contribution is -2.33. The lowest BCUT2D eigenvalue weighted by molar-refractivity contribution is -0.142. The predicted octanol–water partition coefficient (Wildman–Crippen LogP) is 3.94. The summed E-state index contributed by atoms with van der Waals surface area (Å²) in [4.78, 5) is 24.7. The van der Waals surface area contributed by atoms with Crippen LogP contribution in [0.1, 0.15) is 6.92 Å². The highest BCUT2D eigenvalue weighted by molar-refractivity contribution is 9.10. The minimum absolute atomic E-state index is 0.0859. The topological polar surface area (TPSA) is 69.6 Å². The molecule has 1 aliphatic heterocycles. The molecule has 1 aliphatic rings. The molecule has 0 unspecified atom stereocenters. The van der Waals surface area contributed by atoms with Crippen LogP contribution in [0.25, 0.3) is 0 Å². The highest BCUT2D eigenvalue weighted by atomic mass is 79.9. The maximum atomic E-state index is 12.2. The summed E-state index contributed by atoms with van der Waals surface area (Å²) in [6.45, 7) is 2.39. The van der Waals surface area contributed by atoms with Crippen molar-refractivity contribution in [3.05, 3.63) is 26.7 Å². The lowest BCUT2D eigenvalue weighted by Gasteiger charge is -2.18. The zero-order valence-electron chi connectivity index (χ0n) is 11.1. The van der Waals surface area contributed by atoms with E-state index in [9.17, 15) is 9.59 Å². The number of halogens is 3. The van der Waals surface area contributed by atoms with E-state index < -0.39 is 11.9 Å². The molecule has 8 heteroatoms. The Kier molecular flexibility index (Phi) is 5.01. The van der Waals surface area contributed by atoms with Crippen LogP contribution in [0.2, 0.25) is 10.0 Å². The third kappa shape index (κ3) is 3.44. The maximum absolute atomic E-state index is 12.2. The number of carbonyl (C=O) groups excluding carboxylic acids is 1. The van der Waals surface area contributed by atoms with Gasteiger partial charge in [0.25, 0.3) is 0 Å². The van der Waals surface area contributed by atoms with Crippen LogP contribution >= 0.6 is 39.1 Å². The first-order valence-corrected chi connectivity index (χ1v) is 7.78. The molecular formula is C13H13BrCl2N2O3. The van der Waals surface area contributed by atoms with Gasteiger partial charge in [-0.3, -0.25) is 4.79 Å². The summed E-state index contributed by atoms with van der Waals surface area (Å²) in [6.07, 6.45) is 0. The second-order valence-electron chi connectivity index (χ2n) is 4.98. The zero-order chi connectivity index (χ0) is 15.7. The van der Waals surface area contributed by atoms with Crippen LogP contribution < -0.4 is 5.32 Å². The standard InChI is InChI=1S/C13H13BrCl2N2O3/c1-6-4-18(5-7(6)12(19)20)13(21)17-9-3-2-8(14)10(15)11(9)16/h2-3,6-7H,4-5H2,1H3,(H,17,21)(H,19,20)/t6-,7-/m1/s1. The molecule has 2 atom stereocenters. The van der Waals surface area contributed by atoms with Gasteiger partial charge in [-0.25, -0.2) is 4.79 Å². The monoisotopic (exact) mass is 394 g/mol. The van der Waals surface area contributed by atoms with Crippen molar-refractivity contribution in [2.45, 2.75) is 6.92 Å². The summed E-state index contributed by atoms with van der Waals surface area (Å²) >= 11 is 15.3. The molecule has 0 spiro atoms. The average Bonchev–Trinajstić information content (AvgIpc) is 2.82. The van der Waals surface area contributed by atoms with Gasteiger partial charge in [-0.1, -0.05) is 30.1 Å². The molecule has 2 rings (SSSR count). The Hall–Kier alpha value is -0.980. The van der Waals surface area contributed by atoms with E-state index in [2.05, 4.69) is 21.2 Å². The van der Waals surface area contributed by atoms with Gasteiger partial charge in [0.05, 0.1) is 21.7 Å². The van der Waals surface area contributed by atoms with Gasteiger partial charge in [0.2, 0.25) is 0 Å². The van der Waals surface area contributed by atoms with Crippen molar-refractivity contribution >= 4 is 56.8 Å². The summed E-state index contributed by atoms with van der Waals surface area (Å²) < 4.78 is 0.632. The Morgan fingerprint density at radius 1 is 1.33 bits per heavy atom. The Morgan fingerprint density at radius 2 is 2.00 bits per heavy atom. The smallest absolute Gasteiger partial charge is 0.321 e. The van der Waals surface area contributed by atoms with E-state index >= 15 is 0 Å². The molecule has 1 fully saturated rings. The molecule has 1 aromatic carbocycles. The minimum atomic E-state index is -0.887. The number of aliphatic carboxylic acids is 1. The van der Waals surface area contributed by atoms with E-state index in [1.54, 1.807) is 12.1 Å². The van der Waals surface area contributed by atoms with Crippen LogP contribution in [0.3, 0.4) is 0 Å². The number of nitrogens with zero attached hydrogens (tertiary/aromatic N) is 1. The average molecular weight is 396 g/mol. The fraction of sp³-hybridized carbons (Fsp3) is 0.385. The number of carbonyl (C=O) groups is 2. The molecule has 0 saturated carbocycles. The number of rotatable bonds is 2. The second kappa shape index (κ2) is 6.42. The summed E-state index contributed by atoms with van der Waals surface area (Å²) in [5, 5.41) is 12.3. The number of anilines is 1. The van der Waals surface area contributed by atoms with Gasteiger partial charge in [0, 0.05) is 17.6 Å². The molecule has 0 aromatic heterocycles. The van der Waals surface area contributed by atoms with Crippen molar-refractivity contribution in [2.75, 3.05) is 18.4 Å². The first kappa shape index (κ1) is 16.4. The molecule has 21 heavy (non-hydrogen) atoms. The van der Waals surface area contributed by atoms with Crippen LogP contribution in [-0.4, -0.2) is 35.1 Å². The fourth-order valence-corrected chi connectivity index (χ4v) is 3.09. The largest absolute Gasteiger partial charge is 0.481 e. The number of urea groups is 1. The number of hydrogen-bond acceptors (Lipinski definition) is 2. The van der Waals surface area contributed by atoms with Crippen LogP contribution in [-0.2, 0) is 4.79 Å². The predicted molar refractivity (Wildman–Crippen MR) is 85.0 cm³/mol. The molecule has 114 valence electrons. The van der Waals surface area contributed by atoms with E-state index in [-0.39, 0.29) is 23.5 Å². The quantitative estimate of drug-likeness (QED) is 0.745. The number of likely N-dealkylation sites (tertiary alicyclic amines) is 1. The third-order valence-electron chi connectivity index (χ3n) is 3.49. The van der Waals surface area contributed by atoms with Crippen molar-refractivity contribution < 1.29 is 14.7 Å². The van der Waals surface area contributed by atoms with Crippen molar-refractivity contribution in [1.82, 2.24) is 4.90 Å². The van der Waals surface area contributed by atoms with Crippen LogP contribution in [0.15, 0.2) is 16.6 Å². The van der Waals surface area contributed by atoms with Crippen molar-refractivity contribution in [2.24, 2.45) is 11.8 Å². The van der Waals surface area contributed by atoms with E-state index in [1.165, 1.54) is 4.90 Å². The SMILES string of the molecule is C[C@@H]1CN(C(=O)Nc2ccc(Br)c(Cl)c2Cl)C[C@H]1C(=O)O. The second-order valence-corrected chi connectivity index (χ2v) is 6.59. The number of hydrogen-bond donors (Lipinski definition) is 2. The Balaban J connectivity index is 2.10. The first-order chi connectivity index (χ1) is 9.81. The van der Waals surface area contributed by atoms with E-state index in [0.29, 0.717) is 21.7 Å². The van der Waals surface area contributed by atoms with Gasteiger partial charge in [-0.15, -0.1) is 0 Å². The maximum Gasteiger partial charge on any atom is 0.321 e. The van der Waals surface area contributed by atoms with Crippen molar-refractivity contribution in [3.63, 3.8) is 0 Å². The normalized spacial score (nSPS) is 21.4. The van der Waals surface area contributed by atoms with E-state index in [0.717, 1.165) is 0 Å². The molecule has 0 radical (unpaired) electrons. The van der Waals surface area contributed by atoms with E-state index in [1.807, 2.05) is 6.92 Å². The van der Waals surface area contributed by atoms with Gasteiger partial charge in [0.1, 0.15) is 0 Å². The van der Waals surface area contributed by atoms with Gasteiger partial charge >= 0.3 is 12.0 Å². The molecule has 2 amide bonds. The number of benzene rings is 1. The molecule has 1 saturated heterocycles. The number of amides is 2. The molecule has 5 nitrogen and oxygen atoms in total. The zero-order valence-corrected chi connectivity index (χ0v) is 14.2. The van der Waals surface area contributed by atoms with Gasteiger partial charge in [-0.05, 0) is 34.0 Å². The van der Waals surface area contributed by atoms with E-state index in [4.69, 9.17) is 28.3 Å². The molecular weight excluding hydrogens is 383 g/mol. The lowest BCUT2D eigenvalue weighted by atomic mass is 9.99. The fourth-order valence-electron chi connectivity index (χ4n) is 2.27. The van der Waals surface area contributed by atoms with Crippen LogP contribution in [0, 0.1) is 11.8 Å². The molecule has 1 heterocycles. The van der Waals surface area contributed by atoms with Gasteiger partial charge in [0.15, 0.2) is 0 Å². The van der Waals surface area contributed by atoms with Crippen molar-refractivity contribution in [3.8, 4) is 0 Å². The third-order valence-corrected chi connectivity index (χ3v) is 5.26. The van der Waals surface area contributed by atoms with Crippen LogP contribution in [0.4, 0.5) is 10.5 Å². The minimum Gasteiger partial charge on any atom is -0.481 e. The number of carboxylic acids is 1.